The highest BCUT2D eigenvalue weighted by Gasteiger charge is 2.06. The molecular formula is C7H15N5S. The number of hydrogen-bond donors (Lipinski definition) is 1. The highest BCUT2D eigenvalue weighted by Crippen LogP contribution is 2.15. The van der Waals surface area contributed by atoms with Crippen molar-refractivity contribution in [3.8, 4) is 0 Å². The fourth-order valence-electron chi connectivity index (χ4n) is 0.968. The first-order valence-corrected chi connectivity index (χ1v) is 5.22. The van der Waals surface area contributed by atoms with Crippen molar-refractivity contribution in [2.45, 2.75) is 12.1 Å². The molecule has 1 heterocycles. The molecule has 5 nitrogen and oxygen atoms in total. The Balaban J connectivity index is 2.30. The standard InChI is InChI=1S/C7H15N5S/c1-6(4-8-2)5-13-7-9-10-11-12(7)3/h6,8H,4-5H2,1-3H3. The second kappa shape index (κ2) is 5.18. The van der Waals surface area contributed by atoms with Crippen molar-refractivity contribution >= 4 is 11.8 Å². The van der Waals surface area contributed by atoms with Gasteiger partial charge in [0.1, 0.15) is 0 Å². The van der Waals surface area contributed by atoms with Gasteiger partial charge in [-0.15, -0.1) is 5.10 Å². The van der Waals surface area contributed by atoms with Crippen molar-refractivity contribution in [2.75, 3.05) is 19.3 Å². The summed E-state index contributed by atoms with van der Waals surface area (Å²) in [4.78, 5) is 0. The fourth-order valence-corrected chi connectivity index (χ4v) is 1.84. The Morgan fingerprint density at radius 1 is 1.62 bits per heavy atom. The minimum atomic E-state index is 0.631. The van der Waals surface area contributed by atoms with Crippen LogP contribution in [0.5, 0.6) is 0 Å². The Bertz CT molecular complexity index is 249. The number of tetrazole rings is 1. The van der Waals surface area contributed by atoms with Crippen LogP contribution in [0.1, 0.15) is 6.92 Å². The number of thioether (sulfide) groups is 1. The van der Waals surface area contributed by atoms with Gasteiger partial charge in [0.2, 0.25) is 5.16 Å². The smallest absolute Gasteiger partial charge is 0.209 e. The summed E-state index contributed by atoms with van der Waals surface area (Å²) in [5, 5.41) is 15.2. The van der Waals surface area contributed by atoms with E-state index in [0.717, 1.165) is 17.5 Å². The number of aromatic nitrogens is 4. The molecule has 6 heteroatoms. The van der Waals surface area contributed by atoms with Gasteiger partial charge in [-0.25, -0.2) is 4.68 Å². The molecule has 0 spiro atoms. The summed E-state index contributed by atoms with van der Waals surface area (Å²) < 4.78 is 1.69. The summed E-state index contributed by atoms with van der Waals surface area (Å²) >= 11 is 1.69. The summed E-state index contributed by atoms with van der Waals surface area (Å²) in [6, 6.07) is 0. The third kappa shape index (κ3) is 3.31. The van der Waals surface area contributed by atoms with Crippen LogP contribution in [-0.2, 0) is 7.05 Å². The van der Waals surface area contributed by atoms with Crippen LogP contribution < -0.4 is 5.32 Å². The summed E-state index contributed by atoms with van der Waals surface area (Å²) in [5.74, 6) is 1.67. The number of rotatable bonds is 5. The lowest BCUT2D eigenvalue weighted by atomic mass is 10.2. The topological polar surface area (TPSA) is 55.6 Å². The lowest BCUT2D eigenvalue weighted by Gasteiger charge is -2.08. The number of nitrogens with zero attached hydrogens (tertiary/aromatic N) is 4. The molecule has 0 aliphatic carbocycles. The lowest BCUT2D eigenvalue weighted by Crippen LogP contribution is -2.18. The molecule has 74 valence electrons. The number of aryl methyl sites for hydroxylation is 1. The second-order valence-corrected chi connectivity index (χ2v) is 4.05. The maximum atomic E-state index is 3.89. The van der Waals surface area contributed by atoms with Crippen LogP contribution >= 0.6 is 11.8 Å². The quantitative estimate of drug-likeness (QED) is 0.688. The molecule has 13 heavy (non-hydrogen) atoms. The molecule has 0 fully saturated rings. The van der Waals surface area contributed by atoms with E-state index >= 15 is 0 Å². The van der Waals surface area contributed by atoms with Gasteiger partial charge in [0.15, 0.2) is 0 Å². The SMILES string of the molecule is CNCC(C)CSc1nnnn1C. The maximum Gasteiger partial charge on any atom is 0.209 e. The van der Waals surface area contributed by atoms with Gasteiger partial charge in [-0.05, 0) is 29.9 Å². The van der Waals surface area contributed by atoms with Gasteiger partial charge in [0.05, 0.1) is 0 Å². The van der Waals surface area contributed by atoms with Gasteiger partial charge in [0.25, 0.3) is 0 Å². The maximum absolute atomic E-state index is 3.89. The predicted octanol–water partition coefficient (Wildman–Crippen LogP) is 0.158. The molecule has 1 unspecified atom stereocenters. The molecule has 0 radical (unpaired) electrons. The summed E-state index contributed by atoms with van der Waals surface area (Å²) in [7, 11) is 3.82. The van der Waals surface area contributed by atoms with Gasteiger partial charge >= 0.3 is 0 Å². The fraction of sp³-hybridized carbons (Fsp3) is 0.857. The van der Waals surface area contributed by atoms with E-state index in [-0.39, 0.29) is 0 Å². The Labute approximate surface area is 82.3 Å². The largest absolute Gasteiger partial charge is 0.319 e. The summed E-state index contributed by atoms with van der Waals surface area (Å²) in [6.07, 6.45) is 0. The molecule has 1 rings (SSSR count). The molecular weight excluding hydrogens is 186 g/mol. The van der Waals surface area contributed by atoms with E-state index in [2.05, 4.69) is 27.8 Å². The van der Waals surface area contributed by atoms with Gasteiger partial charge in [-0.1, -0.05) is 18.7 Å². The zero-order chi connectivity index (χ0) is 9.68. The second-order valence-electron chi connectivity index (χ2n) is 3.06. The van der Waals surface area contributed by atoms with Crippen LogP contribution in [0.4, 0.5) is 0 Å². The van der Waals surface area contributed by atoms with E-state index in [1.54, 1.807) is 16.4 Å². The van der Waals surface area contributed by atoms with Crippen molar-refractivity contribution in [1.29, 1.82) is 0 Å². The highest BCUT2D eigenvalue weighted by atomic mass is 32.2. The van der Waals surface area contributed by atoms with Crippen molar-refractivity contribution < 1.29 is 0 Å². The molecule has 1 aromatic rings. The summed E-state index contributed by atoms with van der Waals surface area (Å²) in [6.45, 7) is 3.23. The van der Waals surface area contributed by atoms with E-state index in [9.17, 15) is 0 Å². The molecule has 1 aromatic heterocycles. The van der Waals surface area contributed by atoms with E-state index in [1.807, 2.05) is 14.1 Å². The predicted molar refractivity (Wildman–Crippen MR) is 52.6 cm³/mol. The third-order valence-electron chi connectivity index (χ3n) is 1.63. The molecule has 0 aromatic carbocycles. The number of hydrogen-bond acceptors (Lipinski definition) is 5. The first-order valence-electron chi connectivity index (χ1n) is 4.23. The molecule has 1 atom stereocenters. The minimum Gasteiger partial charge on any atom is -0.319 e. The van der Waals surface area contributed by atoms with E-state index in [1.165, 1.54) is 0 Å². The minimum absolute atomic E-state index is 0.631. The van der Waals surface area contributed by atoms with Crippen molar-refractivity contribution in [1.82, 2.24) is 25.5 Å². The Morgan fingerprint density at radius 3 is 2.92 bits per heavy atom. The van der Waals surface area contributed by atoms with Crippen LogP contribution in [0.3, 0.4) is 0 Å². The Hall–Kier alpha value is -0.620. The van der Waals surface area contributed by atoms with Crippen molar-refractivity contribution in [2.24, 2.45) is 13.0 Å². The summed E-state index contributed by atoms with van der Waals surface area (Å²) in [5.41, 5.74) is 0. The molecule has 0 saturated carbocycles. The molecule has 0 amide bonds. The lowest BCUT2D eigenvalue weighted by molar-refractivity contribution is 0.601. The molecule has 0 aliphatic rings. The van der Waals surface area contributed by atoms with E-state index < -0.39 is 0 Å². The average molecular weight is 201 g/mol. The van der Waals surface area contributed by atoms with Gasteiger partial charge < -0.3 is 5.32 Å². The van der Waals surface area contributed by atoms with Crippen LogP contribution in [-0.4, -0.2) is 39.6 Å². The van der Waals surface area contributed by atoms with Crippen molar-refractivity contribution in [3.05, 3.63) is 0 Å². The Morgan fingerprint density at radius 2 is 2.38 bits per heavy atom. The van der Waals surface area contributed by atoms with Gasteiger partial charge in [-0.3, -0.25) is 0 Å². The monoisotopic (exact) mass is 201 g/mol. The molecule has 1 N–H and O–H groups in total. The highest BCUT2D eigenvalue weighted by molar-refractivity contribution is 7.99. The first kappa shape index (κ1) is 10.5. The van der Waals surface area contributed by atoms with Crippen LogP contribution in [0.15, 0.2) is 5.16 Å². The van der Waals surface area contributed by atoms with E-state index in [4.69, 9.17) is 0 Å². The average Bonchev–Trinajstić information content (AvgIpc) is 2.48. The van der Waals surface area contributed by atoms with Gasteiger partial charge in [0, 0.05) is 12.8 Å². The first-order chi connectivity index (χ1) is 6.24. The van der Waals surface area contributed by atoms with Crippen molar-refractivity contribution in [3.63, 3.8) is 0 Å². The molecule has 0 bridgehead atoms. The molecule has 0 saturated heterocycles. The Kier molecular flexibility index (Phi) is 4.17. The van der Waals surface area contributed by atoms with Crippen LogP contribution in [0, 0.1) is 5.92 Å². The zero-order valence-corrected chi connectivity index (χ0v) is 9.01. The normalized spacial score (nSPS) is 13.2. The third-order valence-corrected chi connectivity index (χ3v) is 2.97. The van der Waals surface area contributed by atoms with Crippen LogP contribution in [0.2, 0.25) is 0 Å². The van der Waals surface area contributed by atoms with Gasteiger partial charge in [-0.2, -0.15) is 0 Å². The number of nitrogens with one attached hydrogen (secondary N) is 1. The van der Waals surface area contributed by atoms with E-state index in [0.29, 0.717) is 5.92 Å². The van der Waals surface area contributed by atoms with Crippen LogP contribution in [0.25, 0.3) is 0 Å². The molecule has 0 aliphatic heterocycles. The zero-order valence-electron chi connectivity index (χ0n) is 8.19.